The van der Waals surface area contributed by atoms with E-state index in [2.05, 4.69) is 25.4 Å². The van der Waals surface area contributed by atoms with E-state index in [1.54, 1.807) is 0 Å². The number of carbonyl (C=O) groups excluding carboxylic acids is 1. The van der Waals surface area contributed by atoms with Crippen LogP contribution in [-0.2, 0) is 4.79 Å². The summed E-state index contributed by atoms with van der Waals surface area (Å²) in [6.45, 7) is 7.15. The van der Waals surface area contributed by atoms with Crippen LogP contribution < -0.4 is 5.32 Å². The summed E-state index contributed by atoms with van der Waals surface area (Å²) in [7, 11) is 0. The zero-order valence-electron chi connectivity index (χ0n) is 10.7. The second-order valence-corrected chi connectivity index (χ2v) is 5.55. The second-order valence-electron chi connectivity index (χ2n) is 4.64. The first-order valence-electron chi connectivity index (χ1n) is 6.20. The van der Waals surface area contributed by atoms with Crippen molar-refractivity contribution in [2.45, 2.75) is 32.7 Å². The number of rotatable bonds is 7. The Hall–Kier alpha value is -0.220. The lowest BCUT2D eigenvalue weighted by Gasteiger charge is -2.21. The molecular weight excluding hydrogens is 220 g/mol. The van der Waals surface area contributed by atoms with Gasteiger partial charge in [0.2, 0.25) is 5.91 Å². The molecular formula is C12H24N2OS. The van der Waals surface area contributed by atoms with E-state index in [1.807, 2.05) is 16.7 Å². The Bertz CT molecular complexity index is 223. The molecule has 1 heterocycles. The quantitative estimate of drug-likeness (QED) is 0.738. The highest BCUT2D eigenvalue weighted by Crippen LogP contribution is 2.15. The minimum atomic E-state index is 0.0847. The lowest BCUT2D eigenvalue weighted by Crippen LogP contribution is -2.40. The molecule has 0 aromatic rings. The molecule has 0 spiro atoms. The molecule has 1 fully saturated rings. The highest BCUT2D eigenvalue weighted by atomic mass is 32.2. The Kier molecular flexibility index (Phi) is 6.21. The molecule has 0 bridgehead atoms. The Morgan fingerprint density at radius 2 is 2.38 bits per heavy atom. The van der Waals surface area contributed by atoms with Crippen molar-refractivity contribution in [3.8, 4) is 0 Å². The third kappa shape index (κ3) is 3.98. The minimum absolute atomic E-state index is 0.0847. The van der Waals surface area contributed by atoms with Crippen molar-refractivity contribution in [3.63, 3.8) is 0 Å². The van der Waals surface area contributed by atoms with E-state index in [0.717, 1.165) is 38.2 Å². The average Bonchev–Trinajstić information content (AvgIpc) is 2.58. The maximum atomic E-state index is 12.0. The van der Waals surface area contributed by atoms with Crippen molar-refractivity contribution in [2.75, 3.05) is 31.6 Å². The molecule has 1 aliphatic heterocycles. The Morgan fingerprint density at radius 1 is 1.62 bits per heavy atom. The predicted octanol–water partition coefficient (Wildman–Crippen LogP) is 1.59. The lowest BCUT2D eigenvalue weighted by molar-refractivity contribution is -0.129. The van der Waals surface area contributed by atoms with Crippen LogP contribution in [0.1, 0.15) is 26.7 Å². The van der Waals surface area contributed by atoms with Gasteiger partial charge in [0.05, 0.1) is 6.04 Å². The number of nitrogens with one attached hydrogen (secondary N) is 1. The molecule has 0 aromatic heterocycles. The van der Waals surface area contributed by atoms with Gasteiger partial charge in [0.25, 0.3) is 0 Å². The molecule has 3 nitrogen and oxygen atoms in total. The van der Waals surface area contributed by atoms with Gasteiger partial charge in [0.1, 0.15) is 0 Å². The van der Waals surface area contributed by atoms with E-state index < -0.39 is 0 Å². The van der Waals surface area contributed by atoms with Gasteiger partial charge in [-0.15, -0.1) is 0 Å². The van der Waals surface area contributed by atoms with Crippen LogP contribution in [0.2, 0.25) is 0 Å². The van der Waals surface area contributed by atoms with Gasteiger partial charge in [0.15, 0.2) is 0 Å². The summed E-state index contributed by atoms with van der Waals surface area (Å²) >= 11 is 1.86. The van der Waals surface area contributed by atoms with Crippen molar-refractivity contribution in [2.24, 2.45) is 5.92 Å². The van der Waals surface area contributed by atoms with Gasteiger partial charge < -0.3 is 10.2 Å². The lowest BCUT2D eigenvalue weighted by atomic mass is 10.2. The molecule has 1 aliphatic rings. The van der Waals surface area contributed by atoms with Crippen LogP contribution >= 0.6 is 11.8 Å². The molecule has 4 heteroatoms. The fraction of sp³-hybridized carbons (Fsp3) is 0.917. The zero-order chi connectivity index (χ0) is 12.0. The van der Waals surface area contributed by atoms with Crippen LogP contribution in [0.25, 0.3) is 0 Å². The molecule has 94 valence electrons. The van der Waals surface area contributed by atoms with Crippen molar-refractivity contribution in [1.29, 1.82) is 0 Å². The van der Waals surface area contributed by atoms with E-state index in [4.69, 9.17) is 0 Å². The van der Waals surface area contributed by atoms with Gasteiger partial charge >= 0.3 is 0 Å². The zero-order valence-corrected chi connectivity index (χ0v) is 11.5. The van der Waals surface area contributed by atoms with E-state index in [0.29, 0.717) is 11.8 Å². The van der Waals surface area contributed by atoms with E-state index in [-0.39, 0.29) is 6.04 Å². The van der Waals surface area contributed by atoms with E-state index in [9.17, 15) is 4.79 Å². The van der Waals surface area contributed by atoms with Gasteiger partial charge in [-0.25, -0.2) is 0 Å². The summed E-state index contributed by atoms with van der Waals surface area (Å²) in [6.07, 6.45) is 4.19. The summed E-state index contributed by atoms with van der Waals surface area (Å²) in [6, 6.07) is 0.0847. The maximum Gasteiger partial charge on any atom is 0.239 e. The van der Waals surface area contributed by atoms with Gasteiger partial charge in [-0.2, -0.15) is 11.8 Å². The first-order chi connectivity index (χ1) is 7.69. The van der Waals surface area contributed by atoms with Crippen LogP contribution in [0.15, 0.2) is 0 Å². The van der Waals surface area contributed by atoms with Gasteiger partial charge in [0, 0.05) is 13.1 Å². The SMILES string of the molecule is CCCNC1CCN(CC(C)CSC)C1=O. The minimum Gasteiger partial charge on any atom is -0.341 e. The fourth-order valence-electron chi connectivity index (χ4n) is 2.14. The van der Waals surface area contributed by atoms with Crippen LogP contribution in [0, 0.1) is 5.92 Å². The number of hydrogen-bond donors (Lipinski definition) is 1. The van der Waals surface area contributed by atoms with Crippen molar-refractivity contribution in [3.05, 3.63) is 0 Å². The number of thioether (sulfide) groups is 1. The Balaban J connectivity index is 2.32. The normalized spacial score (nSPS) is 22.8. The third-order valence-corrected chi connectivity index (χ3v) is 3.82. The van der Waals surface area contributed by atoms with Crippen LogP contribution in [0.4, 0.5) is 0 Å². The molecule has 0 saturated carbocycles. The highest BCUT2D eigenvalue weighted by molar-refractivity contribution is 7.98. The van der Waals surface area contributed by atoms with E-state index >= 15 is 0 Å². The van der Waals surface area contributed by atoms with Crippen molar-refractivity contribution < 1.29 is 4.79 Å². The second kappa shape index (κ2) is 7.17. The van der Waals surface area contributed by atoms with Gasteiger partial charge in [-0.05, 0) is 37.3 Å². The first-order valence-corrected chi connectivity index (χ1v) is 7.59. The molecule has 0 aliphatic carbocycles. The first kappa shape index (κ1) is 13.8. The smallest absolute Gasteiger partial charge is 0.239 e. The van der Waals surface area contributed by atoms with Gasteiger partial charge in [-0.3, -0.25) is 4.79 Å². The molecule has 1 rings (SSSR count). The molecule has 1 N–H and O–H groups in total. The maximum absolute atomic E-state index is 12.0. The Morgan fingerprint density at radius 3 is 3.00 bits per heavy atom. The number of carbonyl (C=O) groups is 1. The standard InChI is InChI=1S/C12H24N2OS/c1-4-6-13-11-5-7-14(12(11)15)8-10(2)9-16-3/h10-11,13H,4-9H2,1-3H3. The number of amides is 1. The van der Waals surface area contributed by atoms with Crippen LogP contribution in [0.5, 0.6) is 0 Å². The summed E-state index contributed by atoms with van der Waals surface area (Å²) in [5.41, 5.74) is 0. The van der Waals surface area contributed by atoms with Crippen LogP contribution in [-0.4, -0.2) is 48.5 Å². The molecule has 2 atom stereocenters. The molecule has 0 aromatic carbocycles. The largest absolute Gasteiger partial charge is 0.341 e. The molecule has 2 unspecified atom stereocenters. The van der Waals surface area contributed by atoms with Crippen molar-refractivity contribution >= 4 is 17.7 Å². The predicted molar refractivity (Wildman–Crippen MR) is 70.8 cm³/mol. The Labute approximate surface area is 103 Å². The van der Waals surface area contributed by atoms with E-state index in [1.165, 1.54) is 0 Å². The van der Waals surface area contributed by atoms with Crippen LogP contribution in [0.3, 0.4) is 0 Å². The summed E-state index contributed by atoms with van der Waals surface area (Å²) in [5, 5.41) is 3.32. The average molecular weight is 244 g/mol. The highest BCUT2D eigenvalue weighted by Gasteiger charge is 2.31. The van der Waals surface area contributed by atoms with Crippen molar-refractivity contribution in [1.82, 2.24) is 10.2 Å². The number of likely N-dealkylation sites (tertiary alicyclic amines) is 1. The molecule has 1 saturated heterocycles. The third-order valence-electron chi connectivity index (χ3n) is 2.92. The molecule has 1 amide bonds. The summed E-state index contributed by atoms with van der Waals surface area (Å²) < 4.78 is 0. The molecule has 0 radical (unpaired) electrons. The summed E-state index contributed by atoms with van der Waals surface area (Å²) in [5.74, 6) is 2.04. The topological polar surface area (TPSA) is 32.3 Å². The summed E-state index contributed by atoms with van der Waals surface area (Å²) in [4.78, 5) is 14.0. The fourth-order valence-corrected chi connectivity index (χ4v) is 2.82. The number of nitrogens with zero attached hydrogens (tertiary/aromatic N) is 1. The van der Waals surface area contributed by atoms with Gasteiger partial charge in [-0.1, -0.05) is 13.8 Å². The monoisotopic (exact) mass is 244 g/mol. The molecule has 16 heavy (non-hydrogen) atoms. The number of hydrogen-bond acceptors (Lipinski definition) is 3.